The summed E-state index contributed by atoms with van der Waals surface area (Å²) in [5.74, 6) is 1.74. The molecule has 0 fully saturated rings. The molecule has 148 valence electrons. The molecular weight excluding hydrogens is 354 g/mol. The van der Waals surface area contributed by atoms with Crippen LogP contribution in [-0.4, -0.2) is 44.1 Å². The molecule has 7 heteroatoms. The molecule has 0 saturated heterocycles. The van der Waals surface area contributed by atoms with Crippen LogP contribution in [0.1, 0.15) is 77.9 Å². The SMILES string of the molecule is C[C@H](N[C@@H](C)CCCN1C(=O)c2ccccc2C1=O)c1nnc2n1CCCC2. The molecule has 0 bridgehead atoms. The number of nitrogens with one attached hydrogen (secondary N) is 1. The maximum absolute atomic E-state index is 12.4. The number of rotatable bonds is 7. The minimum atomic E-state index is -0.176. The van der Waals surface area contributed by atoms with Crippen molar-refractivity contribution < 1.29 is 9.59 Å². The number of carbonyl (C=O) groups is 2. The quantitative estimate of drug-likeness (QED) is 0.746. The summed E-state index contributed by atoms with van der Waals surface area (Å²) in [6.07, 6.45) is 5.02. The molecule has 2 aliphatic rings. The molecule has 0 radical (unpaired) electrons. The van der Waals surface area contributed by atoms with E-state index in [1.165, 1.54) is 17.7 Å². The Labute approximate surface area is 165 Å². The van der Waals surface area contributed by atoms with Crippen LogP contribution >= 0.6 is 0 Å². The highest BCUT2D eigenvalue weighted by Gasteiger charge is 2.34. The van der Waals surface area contributed by atoms with E-state index < -0.39 is 0 Å². The average molecular weight is 381 g/mol. The molecule has 1 aromatic heterocycles. The van der Waals surface area contributed by atoms with Crippen LogP contribution in [0.15, 0.2) is 24.3 Å². The third kappa shape index (κ3) is 3.46. The van der Waals surface area contributed by atoms with Crippen LogP contribution in [-0.2, 0) is 13.0 Å². The van der Waals surface area contributed by atoms with Crippen molar-refractivity contribution in [2.24, 2.45) is 0 Å². The van der Waals surface area contributed by atoms with Gasteiger partial charge < -0.3 is 9.88 Å². The van der Waals surface area contributed by atoms with E-state index in [9.17, 15) is 9.59 Å². The fraction of sp³-hybridized carbons (Fsp3) is 0.524. The summed E-state index contributed by atoms with van der Waals surface area (Å²) in [4.78, 5) is 26.2. The van der Waals surface area contributed by atoms with E-state index in [4.69, 9.17) is 0 Å². The molecule has 0 unspecified atom stereocenters. The van der Waals surface area contributed by atoms with E-state index in [0.717, 1.165) is 37.5 Å². The first-order chi connectivity index (χ1) is 13.6. The van der Waals surface area contributed by atoms with Gasteiger partial charge in [0.15, 0.2) is 0 Å². The second kappa shape index (κ2) is 7.83. The van der Waals surface area contributed by atoms with Crippen molar-refractivity contribution in [3.63, 3.8) is 0 Å². The predicted molar refractivity (Wildman–Crippen MR) is 105 cm³/mol. The van der Waals surface area contributed by atoms with Gasteiger partial charge in [0, 0.05) is 25.6 Å². The zero-order valence-electron chi connectivity index (χ0n) is 16.5. The Kier molecular flexibility index (Phi) is 5.26. The fourth-order valence-electron chi connectivity index (χ4n) is 4.23. The van der Waals surface area contributed by atoms with Gasteiger partial charge in [0.2, 0.25) is 0 Å². The zero-order valence-corrected chi connectivity index (χ0v) is 16.5. The summed E-state index contributed by atoms with van der Waals surface area (Å²) in [5.41, 5.74) is 1.03. The lowest BCUT2D eigenvalue weighted by Crippen LogP contribution is -2.34. The number of aryl methyl sites for hydroxylation is 1. The third-order valence-electron chi connectivity index (χ3n) is 5.71. The van der Waals surface area contributed by atoms with Crippen LogP contribution in [0.4, 0.5) is 0 Å². The molecule has 1 aromatic carbocycles. The maximum Gasteiger partial charge on any atom is 0.261 e. The van der Waals surface area contributed by atoms with Crippen molar-refractivity contribution in [2.75, 3.05) is 6.54 Å². The Balaban J connectivity index is 1.28. The smallest absolute Gasteiger partial charge is 0.261 e. The molecule has 1 N–H and O–H groups in total. The fourth-order valence-corrected chi connectivity index (χ4v) is 4.23. The van der Waals surface area contributed by atoms with Gasteiger partial charge in [-0.15, -0.1) is 10.2 Å². The lowest BCUT2D eigenvalue weighted by Gasteiger charge is -2.22. The number of benzene rings is 1. The molecular formula is C21H27N5O2. The molecule has 0 aliphatic carbocycles. The van der Waals surface area contributed by atoms with Gasteiger partial charge in [0.05, 0.1) is 17.2 Å². The van der Waals surface area contributed by atoms with E-state index in [0.29, 0.717) is 17.7 Å². The van der Waals surface area contributed by atoms with Gasteiger partial charge in [0.1, 0.15) is 11.6 Å². The van der Waals surface area contributed by atoms with Crippen LogP contribution in [0, 0.1) is 0 Å². The number of fused-ring (bicyclic) bond motifs is 2. The van der Waals surface area contributed by atoms with Gasteiger partial charge in [-0.3, -0.25) is 14.5 Å². The van der Waals surface area contributed by atoms with E-state index >= 15 is 0 Å². The molecule has 0 spiro atoms. The molecule has 4 rings (SSSR count). The Morgan fingerprint density at radius 3 is 2.50 bits per heavy atom. The molecule has 2 aromatic rings. The highest BCUT2D eigenvalue weighted by atomic mass is 16.2. The lowest BCUT2D eigenvalue weighted by atomic mass is 10.1. The number of nitrogens with zero attached hydrogens (tertiary/aromatic N) is 4. The Hall–Kier alpha value is -2.54. The Morgan fingerprint density at radius 2 is 1.79 bits per heavy atom. The lowest BCUT2D eigenvalue weighted by molar-refractivity contribution is 0.0650. The number of carbonyl (C=O) groups excluding carboxylic acids is 2. The van der Waals surface area contributed by atoms with Crippen molar-refractivity contribution in [3.05, 3.63) is 47.0 Å². The molecule has 28 heavy (non-hydrogen) atoms. The number of aromatic nitrogens is 3. The summed E-state index contributed by atoms with van der Waals surface area (Å²) in [6, 6.07) is 7.41. The zero-order chi connectivity index (χ0) is 19.7. The van der Waals surface area contributed by atoms with Gasteiger partial charge in [0.25, 0.3) is 11.8 Å². The number of imide groups is 1. The first kappa shape index (κ1) is 18.8. The molecule has 3 heterocycles. The second-order valence-electron chi connectivity index (χ2n) is 7.82. The third-order valence-corrected chi connectivity index (χ3v) is 5.71. The van der Waals surface area contributed by atoms with Gasteiger partial charge in [-0.25, -0.2) is 0 Å². The van der Waals surface area contributed by atoms with E-state index in [1.54, 1.807) is 24.3 Å². The van der Waals surface area contributed by atoms with Crippen LogP contribution in [0.5, 0.6) is 0 Å². The topological polar surface area (TPSA) is 80.1 Å². The first-order valence-corrected chi connectivity index (χ1v) is 10.2. The highest BCUT2D eigenvalue weighted by Crippen LogP contribution is 2.23. The summed E-state index contributed by atoms with van der Waals surface area (Å²) in [7, 11) is 0. The second-order valence-corrected chi connectivity index (χ2v) is 7.82. The standard InChI is InChI=1S/C21H27N5O2/c1-14(22-15(2)19-24-23-18-11-5-6-12-25(18)19)8-7-13-26-20(27)16-9-3-4-10-17(16)21(26)28/h3-4,9-10,14-15,22H,5-8,11-13H2,1-2H3/t14-,15-/m0/s1. The highest BCUT2D eigenvalue weighted by molar-refractivity contribution is 6.21. The van der Waals surface area contributed by atoms with Crippen LogP contribution in [0.3, 0.4) is 0 Å². The number of hydrogen-bond acceptors (Lipinski definition) is 5. The normalized spacial score (nSPS) is 18.1. The van der Waals surface area contributed by atoms with Crippen molar-refractivity contribution in [1.82, 2.24) is 25.0 Å². The van der Waals surface area contributed by atoms with Crippen LogP contribution < -0.4 is 5.32 Å². The Morgan fingerprint density at radius 1 is 1.07 bits per heavy atom. The van der Waals surface area contributed by atoms with Gasteiger partial charge >= 0.3 is 0 Å². The van der Waals surface area contributed by atoms with E-state index in [1.807, 2.05) is 0 Å². The van der Waals surface area contributed by atoms with Crippen LogP contribution in [0.25, 0.3) is 0 Å². The van der Waals surface area contributed by atoms with E-state index in [-0.39, 0.29) is 23.9 Å². The van der Waals surface area contributed by atoms with Crippen molar-refractivity contribution >= 4 is 11.8 Å². The summed E-state index contributed by atoms with van der Waals surface area (Å²) in [5, 5.41) is 12.3. The first-order valence-electron chi connectivity index (χ1n) is 10.2. The van der Waals surface area contributed by atoms with Crippen molar-refractivity contribution in [2.45, 2.75) is 64.6 Å². The average Bonchev–Trinajstić information content (AvgIpc) is 3.23. The maximum atomic E-state index is 12.4. The predicted octanol–water partition coefficient (Wildman–Crippen LogP) is 2.73. The molecule has 2 atom stereocenters. The Bertz CT molecular complexity index is 856. The largest absolute Gasteiger partial charge is 0.314 e. The number of hydrogen-bond donors (Lipinski definition) is 1. The summed E-state index contributed by atoms with van der Waals surface area (Å²) in [6.45, 7) is 5.70. The van der Waals surface area contributed by atoms with Gasteiger partial charge in [-0.05, 0) is 51.7 Å². The van der Waals surface area contributed by atoms with Crippen molar-refractivity contribution in [3.8, 4) is 0 Å². The summed E-state index contributed by atoms with van der Waals surface area (Å²) >= 11 is 0. The van der Waals surface area contributed by atoms with Gasteiger partial charge in [-0.2, -0.15) is 0 Å². The minimum absolute atomic E-state index is 0.119. The number of amides is 2. The molecule has 2 aliphatic heterocycles. The van der Waals surface area contributed by atoms with Crippen molar-refractivity contribution in [1.29, 1.82) is 0 Å². The van der Waals surface area contributed by atoms with Gasteiger partial charge in [-0.1, -0.05) is 12.1 Å². The monoisotopic (exact) mass is 381 g/mol. The van der Waals surface area contributed by atoms with E-state index in [2.05, 4.69) is 33.9 Å². The van der Waals surface area contributed by atoms with Crippen LogP contribution in [0.2, 0.25) is 0 Å². The molecule has 2 amide bonds. The molecule has 0 saturated carbocycles. The molecule has 7 nitrogen and oxygen atoms in total. The summed E-state index contributed by atoms with van der Waals surface area (Å²) < 4.78 is 2.24. The minimum Gasteiger partial charge on any atom is -0.314 e.